The van der Waals surface area contributed by atoms with Gasteiger partial charge in [0.25, 0.3) is 5.91 Å². The number of methoxy groups -OCH3 is 2. The lowest BCUT2D eigenvalue weighted by Gasteiger charge is -2.19. The summed E-state index contributed by atoms with van der Waals surface area (Å²) in [5.41, 5.74) is 1.42. The second-order valence-corrected chi connectivity index (χ2v) is 6.27. The first-order valence-corrected chi connectivity index (χ1v) is 9.55. The highest BCUT2D eigenvalue weighted by atomic mass is 16.5. The Kier molecular flexibility index (Phi) is 8.62. The molecule has 6 nitrogen and oxygen atoms in total. The predicted octanol–water partition coefficient (Wildman–Crippen LogP) is 3.35. The summed E-state index contributed by atoms with van der Waals surface area (Å²) in [6.45, 7) is 8.14. The van der Waals surface area contributed by atoms with Crippen molar-refractivity contribution in [1.82, 2.24) is 10.2 Å². The maximum atomic E-state index is 12.6. The number of hydrogen-bond acceptors (Lipinski definition) is 5. The Morgan fingerprint density at radius 3 is 2.25 bits per heavy atom. The highest BCUT2D eigenvalue weighted by molar-refractivity contribution is 5.95. The van der Waals surface area contributed by atoms with Gasteiger partial charge in [-0.05, 0) is 31.3 Å². The van der Waals surface area contributed by atoms with Crippen LogP contribution in [0.2, 0.25) is 0 Å². The van der Waals surface area contributed by atoms with Crippen LogP contribution in [0.4, 0.5) is 0 Å². The number of carbonyl (C=O) groups excluding carboxylic acids is 1. The van der Waals surface area contributed by atoms with Gasteiger partial charge in [-0.2, -0.15) is 0 Å². The number of amides is 1. The molecule has 2 aromatic rings. The fourth-order valence-electron chi connectivity index (χ4n) is 2.83. The average Bonchev–Trinajstić information content (AvgIpc) is 2.75. The first-order chi connectivity index (χ1) is 13.6. The van der Waals surface area contributed by atoms with Crippen LogP contribution in [0.5, 0.6) is 17.2 Å². The van der Waals surface area contributed by atoms with Gasteiger partial charge in [0, 0.05) is 30.3 Å². The van der Waals surface area contributed by atoms with Crippen LogP contribution in [0.3, 0.4) is 0 Å². The molecule has 152 valence electrons. The lowest BCUT2D eigenvalue weighted by molar-refractivity contribution is 0.0950. The molecule has 0 heterocycles. The molecule has 0 saturated carbocycles. The minimum atomic E-state index is -0.199. The van der Waals surface area contributed by atoms with Gasteiger partial charge in [0.2, 0.25) is 0 Å². The SMILES string of the molecule is CCN(CC)CCOc1ccccc1CNC(=O)c1cc(OC)cc(OC)c1. The Hall–Kier alpha value is -2.73. The molecule has 0 aliphatic carbocycles. The highest BCUT2D eigenvalue weighted by Crippen LogP contribution is 2.23. The molecule has 2 aromatic carbocycles. The van der Waals surface area contributed by atoms with Crippen LogP contribution in [0, 0.1) is 0 Å². The van der Waals surface area contributed by atoms with Crippen molar-refractivity contribution < 1.29 is 19.0 Å². The number of hydrogen-bond donors (Lipinski definition) is 1. The van der Waals surface area contributed by atoms with E-state index in [1.165, 1.54) is 0 Å². The van der Waals surface area contributed by atoms with E-state index in [0.29, 0.717) is 30.2 Å². The predicted molar refractivity (Wildman–Crippen MR) is 110 cm³/mol. The Morgan fingerprint density at radius 1 is 1.00 bits per heavy atom. The maximum absolute atomic E-state index is 12.6. The van der Waals surface area contributed by atoms with Crippen molar-refractivity contribution in [1.29, 1.82) is 0 Å². The zero-order valence-electron chi connectivity index (χ0n) is 17.2. The van der Waals surface area contributed by atoms with Crippen LogP contribution in [0.1, 0.15) is 29.8 Å². The van der Waals surface area contributed by atoms with E-state index in [2.05, 4.69) is 24.1 Å². The molecule has 0 atom stereocenters. The van der Waals surface area contributed by atoms with E-state index in [-0.39, 0.29) is 5.91 Å². The van der Waals surface area contributed by atoms with E-state index in [1.54, 1.807) is 32.4 Å². The van der Waals surface area contributed by atoms with E-state index >= 15 is 0 Å². The monoisotopic (exact) mass is 386 g/mol. The van der Waals surface area contributed by atoms with Crippen molar-refractivity contribution in [2.75, 3.05) is 40.5 Å². The fraction of sp³-hybridized carbons (Fsp3) is 0.409. The molecular weight excluding hydrogens is 356 g/mol. The molecule has 2 rings (SSSR count). The minimum absolute atomic E-state index is 0.199. The number of para-hydroxylation sites is 1. The third kappa shape index (κ3) is 6.16. The summed E-state index contributed by atoms with van der Waals surface area (Å²) >= 11 is 0. The Balaban J connectivity index is 2.00. The van der Waals surface area contributed by atoms with Crippen molar-refractivity contribution in [2.45, 2.75) is 20.4 Å². The molecule has 0 fully saturated rings. The Morgan fingerprint density at radius 2 is 1.64 bits per heavy atom. The van der Waals surface area contributed by atoms with Gasteiger partial charge in [-0.3, -0.25) is 4.79 Å². The van der Waals surface area contributed by atoms with Crippen LogP contribution in [0.25, 0.3) is 0 Å². The van der Waals surface area contributed by atoms with Crippen molar-refractivity contribution in [3.63, 3.8) is 0 Å². The van der Waals surface area contributed by atoms with E-state index in [9.17, 15) is 4.79 Å². The molecule has 6 heteroatoms. The van der Waals surface area contributed by atoms with Crippen LogP contribution >= 0.6 is 0 Å². The van der Waals surface area contributed by atoms with Crippen LogP contribution in [0.15, 0.2) is 42.5 Å². The normalized spacial score (nSPS) is 10.6. The number of nitrogens with zero attached hydrogens (tertiary/aromatic N) is 1. The summed E-state index contributed by atoms with van der Waals surface area (Å²) in [6, 6.07) is 12.9. The lowest BCUT2D eigenvalue weighted by Crippen LogP contribution is -2.28. The zero-order chi connectivity index (χ0) is 20.4. The molecule has 0 bridgehead atoms. The van der Waals surface area contributed by atoms with E-state index in [0.717, 1.165) is 30.9 Å². The highest BCUT2D eigenvalue weighted by Gasteiger charge is 2.11. The number of ether oxygens (including phenoxy) is 3. The minimum Gasteiger partial charge on any atom is -0.497 e. The number of rotatable bonds is 11. The van der Waals surface area contributed by atoms with Gasteiger partial charge in [-0.1, -0.05) is 32.0 Å². The summed E-state index contributed by atoms with van der Waals surface area (Å²) in [7, 11) is 3.12. The molecule has 0 spiro atoms. The van der Waals surface area contributed by atoms with Crippen molar-refractivity contribution in [2.24, 2.45) is 0 Å². The van der Waals surface area contributed by atoms with E-state index in [1.807, 2.05) is 24.3 Å². The summed E-state index contributed by atoms with van der Waals surface area (Å²) < 4.78 is 16.4. The summed E-state index contributed by atoms with van der Waals surface area (Å²) in [6.07, 6.45) is 0. The summed E-state index contributed by atoms with van der Waals surface area (Å²) in [4.78, 5) is 14.9. The molecule has 0 unspecified atom stereocenters. The zero-order valence-corrected chi connectivity index (χ0v) is 17.2. The van der Waals surface area contributed by atoms with E-state index < -0.39 is 0 Å². The third-order valence-electron chi connectivity index (χ3n) is 4.59. The number of likely N-dealkylation sites (N-methyl/N-ethyl adjacent to an activating group) is 1. The van der Waals surface area contributed by atoms with Crippen LogP contribution < -0.4 is 19.5 Å². The number of carbonyl (C=O) groups is 1. The van der Waals surface area contributed by atoms with Gasteiger partial charge in [-0.25, -0.2) is 0 Å². The molecule has 0 saturated heterocycles. The molecule has 28 heavy (non-hydrogen) atoms. The van der Waals surface area contributed by atoms with Crippen LogP contribution in [-0.2, 0) is 6.54 Å². The number of benzene rings is 2. The van der Waals surface area contributed by atoms with Crippen LogP contribution in [-0.4, -0.2) is 51.3 Å². The molecule has 1 N–H and O–H groups in total. The number of nitrogens with one attached hydrogen (secondary N) is 1. The molecular formula is C22H30N2O4. The fourth-order valence-corrected chi connectivity index (χ4v) is 2.83. The second kappa shape index (κ2) is 11.2. The van der Waals surface area contributed by atoms with Gasteiger partial charge in [-0.15, -0.1) is 0 Å². The first-order valence-electron chi connectivity index (χ1n) is 9.55. The van der Waals surface area contributed by atoms with Crippen molar-refractivity contribution in [3.8, 4) is 17.2 Å². The van der Waals surface area contributed by atoms with Crippen molar-refractivity contribution >= 4 is 5.91 Å². The first kappa shape index (κ1) is 21.6. The summed E-state index contributed by atoms with van der Waals surface area (Å²) in [5, 5.41) is 2.94. The Bertz CT molecular complexity index is 738. The third-order valence-corrected chi connectivity index (χ3v) is 4.59. The van der Waals surface area contributed by atoms with E-state index in [4.69, 9.17) is 14.2 Å². The quantitative estimate of drug-likeness (QED) is 0.642. The summed E-state index contributed by atoms with van der Waals surface area (Å²) in [5.74, 6) is 1.74. The van der Waals surface area contributed by atoms with Gasteiger partial charge in [0.05, 0.1) is 14.2 Å². The lowest BCUT2D eigenvalue weighted by atomic mass is 10.1. The molecule has 0 aromatic heterocycles. The van der Waals surface area contributed by atoms with Gasteiger partial charge < -0.3 is 24.4 Å². The van der Waals surface area contributed by atoms with Gasteiger partial charge in [0.15, 0.2) is 0 Å². The molecule has 1 amide bonds. The van der Waals surface area contributed by atoms with Crippen molar-refractivity contribution in [3.05, 3.63) is 53.6 Å². The second-order valence-electron chi connectivity index (χ2n) is 6.27. The smallest absolute Gasteiger partial charge is 0.251 e. The Labute approximate surface area is 167 Å². The molecule has 0 radical (unpaired) electrons. The van der Waals surface area contributed by atoms with Gasteiger partial charge in [0.1, 0.15) is 23.9 Å². The largest absolute Gasteiger partial charge is 0.497 e. The maximum Gasteiger partial charge on any atom is 0.251 e. The standard InChI is InChI=1S/C22H30N2O4/c1-5-24(6-2)11-12-28-21-10-8-7-9-17(21)16-23-22(25)18-13-19(26-3)15-20(14-18)27-4/h7-10,13-15H,5-6,11-12,16H2,1-4H3,(H,23,25). The average molecular weight is 386 g/mol. The molecule has 0 aliphatic rings. The topological polar surface area (TPSA) is 60.0 Å². The van der Waals surface area contributed by atoms with Gasteiger partial charge >= 0.3 is 0 Å². The molecule has 0 aliphatic heterocycles.